The van der Waals surface area contributed by atoms with Crippen LogP contribution >= 0.6 is 0 Å². The summed E-state index contributed by atoms with van der Waals surface area (Å²) in [5.74, 6) is 1.29. The Bertz CT molecular complexity index is 568. The lowest BCUT2D eigenvalue weighted by Gasteiger charge is -2.36. The summed E-state index contributed by atoms with van der Waals surface area (Å²) in [6.07, 6.45) is 13.2. The lowest BCUT2D eigenvalue weighted by atomic mass is 9.98. The maximum atomic E-state index is 12.2. The van der Waals surface area contributed by atoms with Crippen molar-refractivity contribution in [2.75, 3.05) is 32.1 Å². The molecule has 1 aliphatic carbocycles. The van der Waals surface area contributed by atoms with Gasteiger partial charge >= 0.3 is 0 Å². The van der Waals surface area contributed by atoms with Crippen LogP contribution in [0.15, 0.2) is 12.4 Å². The minimum absolute atomic E-state index is 0.268. The molecule has 6 heteroatoms. The molecule has 6 nitrogen and oxygen atoms in total. The van der Waals surface area contributed by atoms with E-state index >= 15 is 0 Å². The number of rotatable bonds is 7. The van der Waals surface area contributed by atoms with Crippen LogP contribution in [-0.4, -0.2) is 54.0 Å². The molecule has 26 heavy (non-hydrogen) atoms. The summed E-state index contributed by atoms with van der Waals surface area (Å²) in [6, 6.07) is 0.543. The van der Waals surface area contributed by atoms with Crippen LogP contribution in [0.25, 0.3) is 0 Å². The van der Waals surface area contributed by atoms with Crippen LogP contribution in [0.1, 0.15) is 56.9 Å². The highest BCUT2D eigenvalue weighted by Gasteiger charge is 2.25. The number of carbonyl (C=O) groups is 1. The molecule has 1 saturated carbocycles. The third kappa shape index (κ3) is 5.16. The number of amides is 1. The van der Waals surface area contributed by atoms with E-state index in [1.54, 1.807) is 0 Å². The maximum Gasteiger partial charge on any atom is 0.224 e. The van der Waals surface area contributed by atoms with Crippen LogP contribution in [-0.2, 0) is 11.3 Å². The van der Waals surface area contributed by atoms with E-state index in [1.807, 2.05) is 31.4 Å². The first-order valence-corrected chi connectivity index (χ1v) is 10.1. The molecule has 1 N–H and O–H groups in total. The molecule has 1 amide bonds. The molecule has 0 bridgehead atoms. The Balaban J connectivity index is 1.48. The van der Waals surface area contributed by atoms with Gasteiger partial charge in [-0.15, -0.1) is 0 Å². The van der Waals surface area contributed by atoms with Crippen molar-refractivity contribution in [3.63, 3.8) is 0 Å². The van der Waals surface area contributed by atoms with Gasteiger partial charge in [-0.1, -0.05) is 19.3 Å². The smallest absolute Gasteiger partial charge is 0.224 e. The van der Waals surface area contributed by atoms with E-state index in [2.05, 4.69) is 20.2 Å². The molecule has 1 saturated heterocycles. The zero-order valence-corrected chi connectivity index (χ0v) is 16.3. The molecule has 1 aromatic rings. The van der Waals surface area contributed by atoms with Crippen LogP contribution in [0.5, 0.6) is 0 Å². The van der Waals surface area contributed by atoms with Gasteiger partial charge < -0.3 is 10.2 Å². The molecule has 2 aliphatic rings. The third-order valence-electron chi connectivity index (χ3n) is 5.73. The van der Waals surface area contributed by atoms with Crippen LogP contribution in [0.2, 0.25) is 0 Å². The summed E-state index contributed by atoms with van der Waals surface area (Å²) in [7, 11) is 3.91. The first-order chi connectivity index (χ1) is 12.6. The normalized spacial score (nSPS) is 21.7. The Morgan fingerprint density at radius 3 is 2.54 bits per heavy atom. The zero-order valence-electron chi connectivity index (χ0n) is 16.3. The second kappa shape index (κ2) is 9.31. The standard InChI is InChI=1S/C20H33N5O/c1-24(2)20-22-13-16(14-23-20)15-25-12-6-5-9-18(25)10-11-21-19(26)17-7-3-4-8-17/h13-14,17-18H,3-12,15H2,1-2H3,(H,21,26)/t18-/m1/s1. The van der Waals surface area contributed by atoms with E-state index < -0.39 is 0 Å². The van der Waals surface area contributed by atoms with Crippen molar-refractivity contribution in [3.05, 3.63) is 18.0 Å². The number of carbonyl (C=O) groups excluding carboxylic acids is 1. The van der Waals surface area contributed by atoms with Gasteiger partial charge in [0.2, 0.25) is 11.9 Å². The monoisotopic (exact) mass is 359 g/mol. The Hall–Kier alpha value is -1.69. The van der Waals surface area contributed by atoms with E-state index in [1.165, 1.54) is 32.1 Å². The first-order valence-electron chi connectivity index (χ1n) is 10.1. The van der Waals surface area contributed by atoms with Crippen LogP contribution in [0.4, 0.5) is 5.95 Å². The van der Waals surface area contributed by atoms with Crippen LogP contribution in [0, 0.1) is 5.92 Å². The lowest BCUT2D eigenvalue weighted by Crippen LogP contribution is -2.41. The van der Waals surface area contributed by atoms with Crippen molar-refractivity contribution >= 4 is 11.9 Å². The van der Waals surface area contributed by atoms with E-state index in [0.717, 1.165) is 50.4 Å². The van der Waals surface area contributed by atoms with Gasteiger partial charge in [0, 0.05) is 57.1 Å². The largest absolute Gasteiger partial charge is 0.356 e. The predicted octanol–water partition coefficient (Wildman–Crippen LogP) is 2.59. The molecule has 1 atom stereocenters. The van der Waals surface area contributed by atoms with E-state index in [0.29, 0.717) is 6.04 Å². The molecule has 0 aromatic carbocycles. The number of piperidine rings is 1. The molecular formula is C20H33N5O. The molecule has 1 aromatic heterocycles. The van der Waals surface area contributed by atoms with E-state index in [4.69, 9.17) is 0 Å². The fourth-order valence-electron chi connectivity index (χ4n) is 4.18. The van der Waals surface area contributed by atoms with Crippen molar-refractivity contribution in [2.45, 2.75) is 64.0 Å². The number of anilines is 1. The molecule has 0 radical (unpaired) electrons. The summed E-state index contributed by atoms with van der Waals surface area (Å²) >= 11 is 0. The molecule has 2 heterocycles. The van der Waals surface area contributed by atoms with Gasteiger partial charge in [-0.25, -0.2) is 9.97 Å². The zero-order chi connectivity index (χ0) is 18.4. The quantitative estimate of drug-likeness (QED) is 0.811. The van der Waals surface area contributed by atoms with Gasteiger partial charge in [-0.3, -0.25) is 9.69 Å². The SMILES string of the molecule is CN(C)c1ncc(CN2CCCC[C@@H]2CCNC(=O)C2CCCC2)cn1. The number of hydrogen-bond donors (Lipinski definition) is 1. The lowest BCUT2D eigenvalue weighted by molar-refractivity contribution is -0.124. The van der Waals surface area contributed by atoms with Crippen molar-refractivity contribution in [1.82, 2.24) is 20.2 Å². The van der Waals surface area contributed by atoms with Gasteiger partial charge in [0.15, 0.2) is 0 Å². The number of likely N-dealkylation sites (tertiary alicyclic amines) is 1. The average molecular weight is 360 g/mol. The molecule has 0 spiro atoms. The Morgan fingerprint density at radius 1 is 1.15 bits per heavy atom. The number of aromatic nitrogens is 2. The average Bonchev–Trinajstić information content (AvgIpc) is 3.18. The van der Waals surface area contributed by atoms with Gasteiger partial charge in [0.25, 0.3) is 0 Å². The number of nitrogens with one attached hydrogen (secondary N) is 1. The Morgan fingerprint density at radius 2 is 1.85 bits per heavy atom. The van der Waals surface area contributed by atoms with E-state index in [-0.39, 0.29) is 11.8 Å². The van der Waals surface area contributed by atoms with Crippen molar-refractivity contribution in [1.29, 1.82) is 0 Å². The highest BCUT2D eigenvalue weighted by atomic mass is 16.1. The number of hydrogen-bond acceptors (Lipinski definition) is 5. The fraction of sp³-hybridized carbons (Fsp3) is 0.750. The van der Waals surface area contributed by atoms with Crippen LogP contribution in [0.3, 0.4) is 0 Å². The number of nitrogens with zero attached hydrogens (tertiary/aromatic N) is 4. The molecule has 1 aliphatic heterocycles. The van der Waals surface area contributed by atoms with Crippen molar-refractivity contribution in [3.8, 4) is 0 Å². The second-order valence-electron chi connectivity index (χ2n) is 7.97. The third-order valence-corrected chi connectivity index (χ3v) is 5.73. The molecular weight excluding hydrogens is 326 g/mol. The second-order valence-corrected chi connectivity index (χ2v) is 7.97. The van der Waals surface area contributed by atoms with Crippen molar-refractivity contribution < 1.29 is 4.79 Å². The molecule has 3 rings (SSSR count). The first kappa shape index (κ1) is 19.1. The van der Waals surface area contributed by atoms with Crippen LogP contribution < -0.4 is 10.2 Å². The topological polar surface area (TPSA) is 61.4 Å². The van der Waals surface area contributed by atoms with Gasteiger partial charge in [0.05, 0.1) is 0 Å². The Labute approximate surface area is 157 Å². The summed E-state index contributed by atoms with van der Waals surface area (Å²) in [4.78, 5) is 25.5. The highest BCUT2D eigenvalue weighted by molar-refractivity contribution is 5.78. The summed E-state index contributed by atoms with van der Waals surface area (Å²) in [5, 5.41) is 3.18. The summed E-state index contributed by atoms with van der Waals surface area (Å²) < 4.78 is 0. The van der Waals surface area contributed by atoms with Gasteiger partial charge in [0.1, 0.15) is 0 Å². The molecule has 144 valence electrons. The van der Waals surface area contributed by atoms with Gasteiger partial charge in [-0.05, 0) is 38.6 Å². The highest BCUT2D eigenvalue weighted by Crippen LogP contribution is 2.25. The fourth-order valence-corrected chi connectivity index (χ4v) is 4.18. The van der Waals surface area contributed by atoms with Gasteiger partial charge in [-0.2, -0.15) is 0 Å². The van der Waals surface area contributed by atoms with E-state index in [9.17, 15) is 4.79 Å². The predicted molar refractivity (Wildman–Crippen MR) is 104 cm³/mol. The molecule has 2 fully saturated rings. The molecule has 0 unspecified atom stereocenters. The minimum Gasteiger partial charge on any atom is -0.356 e. The van der Waals surface area contributed by atoms with Crippen molar-refractivity contribution in [2.24, 2.45) is 5.92 Å². The summed E-state index contributed by atoms with van der Waals surface area (Å²) in [5.41, 5.74) is 1.16. The maximum absolute atomic E-state index is 12.2. The summed E-state index contributed by atoms with van der Waals surface area (Å²) in [6.45, 7) is 2.82. The Kier molecular flexibility index (Phi) is 6.83. The minimum atomic E-state index is 0.268.